The second-order valence-electron chi connectivity index (χ2n) is 5.69. The molecule has 0 radical (unpaired) electrons. The lowest BCUT2D eigenvalue weighted by molar-refractivity contribution is 0.103. The molecule has 0 N–H and O–H groups in total. The smallest absolute Gasteiger partial charge is 0.203 e. The number of allylic oxidation sites excluding steroid dienone is 1. The summed E-state index contributed by atoms with van der Waals surface area (Å²) in [4.78, 5) is 12.8. The molecule has 2 rings (SSSR count). The Morgan fingerprint density at radius 2 is 1.93 bits per heavy atom. The molecule has 0 aliphatic rings. The standard InChI is InChI=1S/C22H23NO4/c1-4-12-27-22-17(9-7-11-20(22)26-5-2)13-18(15-23)21(24)16-8-6-10-19(14-16)25-3/h6-11,13-14H,4-5,12H2,1-3H3/b18-13-. The van der Waals surface area contributed by atoms with Crippen molar-refractivity contribution < 1.29 is 19.0 Å². The Morgan fingerprint density at radius 1 is 1.15 bits per heavy atom. The Morgan fingerprint density at radius 3 is 2.59 bits per heavy atom. The van der Waals surface area contributed by atoms with Gasteiger partial charge in [0.2, 0.25) is 5.78 Å². The van der Waals surface area contributed by atoms with Crippen LogP contribution in [0.25, 0.3) is 6.08 Å². The fourth-order valence-electron chi connectivity index (χ4n) is 2.50. The van der Waals surface area contributed by atoms with Crippen molar-refractivity contribution in [2.45, 2.75) is 20.3 Å². The van der Waals surface area contributed by atoms with Crippen molar-refractivity contribution in [1.82, 2.24) is 0 Å². The van der Waals surface area contributed by atoms with Gasteiger partial charge in [-0.05, 0) is 37.6 Å². The SMILES string of the molecule is CCCOc1c(/C=C(/C#N)C(=O)c2cccc(OC)c2)cccc1OCC. The molecule has 0 fully saturated rings. The number of rotatable bonds is 9. The Labute approximate surface area is 159 Å². The van der Waals surface area contributed by atoms with Gasteiger partial charge in [-0.3, -0.25) is 4.79 Å². The van der Waals surface area contributed by atoms with E-state index in [1.54, 1.807) is 36.4 Å². The third-order valence-corrected chi connectivity index (χ3v) is 3.76. The zero-order chi connectivity index (χ0) is 19.6. The summed E-state index contributed by atoms with van der Waals surface area (Å²) < 4.78 is 16.6. The van der Waals surface area contributed by atoms with Crippen LogP contribution in [0.5, 0.6) is 17.2 Å². The monoisotopic (exact) mass is 365 g/mol. The predicted molar refractivity (Wildman–Crippen MR) is 104 cm³/mol. The van der Waals surface area contributed by atoms with Gasteiger partial charge < -0.3 is 14.2 Å². The number of carbonyl (C=O) groups is 1. The molecule has 0 aliphatic heterocycles. The van der Waals surface area contributed by atoms with Gasteiger partial charge in [0.25, 0.3) is 0 Å². The number of hydrogen-bond donors (Lipinski definition) is 0. The first-order valence-corrected chi connectivity index (χ1v) is 8.83. The minimum atomic E-state index is -0.375. The number of benzene rings is 2. The number of nitriles is 1. The molecule has 2 aromatic rings. The Balaban J connectivity index is 2.45. The molecule has 5 heteroatoms. The molecule has 0 aromatic heterocycles. The average molecular weight is 365 g/mol. The van der Waals surface area contributed by atoms with Gasteiger partial charge in [-0.15, -0.1) is 0 Å². The van der Waals surface area contributed by atoms with Crippen molar-refractivity contribution >= 4 is 11.9 Å². The molecule has 27 heavy (non-hydrogen) atoms. The van der Waals surface area contributed by atoms with Crippen molar-refractivity contribution in [3.05, 3.63) is 59.2 Å². The molecule has 0 heterocycles. The largest absolute Gasteiger partial charge is 0.497 e. The van der Waals surface area contributed by atoms with Crippen LogP contribution in [0.2, 0.25) is 0 Å². The van der Waals surface area contributed by atoms with Crippen molar-refractivity contribution in [2.24, 2.45) is 0 Å². The minimum Gasteiger partial charge on any atom is -0.497 e. The van der Waals surface area contributed by atoms with Crippen LogP contribution >= 0.6 is 0 Å². The maximum absolute atomic E-state index is 12.8. The van der Waals surface area contributed by atoms with Gasteiger partial charge in [0.05, 0.1) is 20.3 Å². The normalized spacial score (nSPS) is 10.8. The zero-order valence-electron chi connectivity index (χ0n) is 15.8. The van der Waals surface area contributed by atoms with Crippen molar-refractivity contribution in [3.63, 3.8) is 0 Å². The van der Waals surface area contributed by atoms with Crippen LogP contribution < -0.4 is 14.2 Å². The molecule has 5 nitrogen and oxygen atoms in total. The topological polar surface area (TPSA) is 68.5 Å². The number of para-hydroxylation sites is 1. The summed E-state index contributed by atoms with van der Waals surface area (Å²) in [6, 6.07) is 14.1. The molecule has 0 spiro atoms. The quantitative estimate of drug-likeness (QED) is 0.367. The highest BCUT2D eigenvalue weighted by molar-refractivity contribution is 6.14. The van der Waals surface area contributed by atoms with Crippen LogP contribution in [0, 0.1) is 11.3 Å². The van der Waals surface area contributed by atoms with Gasteiger partial charge in [0.15, 0.2) is 11.5 Å². The number of hydrogen-bond acceptors (Lipinski definition) is 5. The number of nitrogens with zero attached hydrogens (tertiary/aromatic N) is 1. The summed E-state index contributed by atoms with van der Waals surface area (Å²) in [5.74, 6) is 1.31. The second kappa shape index (κ2) is 10.0. The summed E-state index contributed by atoms with van der Waals surface area (Å²) in [5, 5.41) is 9.54. The lowest BCUT2D eigenvalue weighted by atomic mass is 10.0. The van der Waals surface area contributed by atoms with E-state index in [-0.39, 0.29) is 11.4 Å². The highest BCUT2D eigenvalue weighted by Gasteiger charge is 2.16. The first-order valence-electron chi connectivity index (χ1n) is 8.83. The molecule has 0 unspecified atom stereocenters. The number of carbonyl (C=O) groups excluding carboxylic acids is 1. The molecular formula is C22H23NO4. The minimum absolute atomic E-state index is 0.0123. The third-order valence-electron chi connectivity index (χ3n) is 3.76. The van der Waals surface area contributed by atoms with Gasteiger partial charge in [0.1, 0.15) is 17.4 Å². The van der Waals surface area contributed by atoms with Gasteiger partial charge in [-0.25, -0.2) is 0 Å². The number of ether oxygens (including phenoxy) is 3. The fourth-order valence-corrected chi connectivity index (χ4v) is 2.50. The summed E-state index contributed by atoms with van der Waals surface area (Å²) >= 11 is 0. The van der Waals surface area contributed by atoms with E-state index in [4.69, 9.17) is 14.2 Å². The molecular weight excluding hydrogens is 342 g/mol. The molecule has 2 aromatic carbocycles. The third kappa shape index (κ3) is 5.11. The Bertz CT molecular complexity index is 865. The molecule has 0 saturated heterocycles. The molecule has 0 aliphatic carbocycles. The van der Waals surface area contributed by atoms with Gasteiger partial charge in [0, 0.05) is 11.1 Å². The summed E-state index contributed by atoms with van der Waals surface area (Å²) in [7, 11) is 1.53. The van der Waals surface area contributed by atoms with Crippen LogP contribution in [-0.2, 0) is 0 Å². The molecule has 0 saturated carbocycles. The average Bonchev–Trinajstić information content (AvgIpc) is 2.71. The van der Waals surface area contributed by atoms with E-state index in [9.17, 15) is 10.1 Å². The highest BCUT2D eigenvalue weighted by Crippen LogP contribution is 2.33. The number of Topliss-reactive ketones (excluding diaryl/α,β-unsaturated/α-hetero) is 1. The Kier molecular flexibility index (Phi) is 7.45. The maximum Gasteiger partial charge on any atom is 0.203 e. The molecule has 0 atom stereocenters. The fraction of sp³-hybridized carbons (Fsp3) is 0.273. The Hall–Kier alpha value is -3.26. The lowest BCUT2D eigenvalue weighted by Crippen LogP contribution is -2.04. The first kappa shape index (κ1) is 20.1. The molecule has 140 valence electrons. The van der Waals surface area contributed by atoms with Crippen LogP contribution in [0.3, 0.4) is 0 Å². The van der Waals surface area contributed by atoms with E-state index >= 15 is 0 Å². The van der Waals surface area contributed by atoms with Crippen LogP contribution in [-0.4, -0.2) is 26.1 Å². The van der Waals surface area contributed by atoms with Crippen LogP contribution in [0.4, 0.5) is 0 Å². The van der Waals surface area contributed by atoms with E-state index in [1.807, 2.05) is 26.0 Å². The number of ketones is 1. The van der Waals surface area contributed by atoms with Gasteiger partial charge in [-0.1, -0.05) is 31.2 Å². The van der Waals surface area contributed by atoms with Gasteiger partial charge >= 0.3 is 0 Å². The predicted octanol–water partition coefficient (Wildman–Crippen LogP) is 4.67. The molecule has 0 amide bonds. The maximum atomic E-state index is 12.8. The van der Waals surface area contributed by atoms with Crippen LogP contribution in [0.15, 0.2) is 48.0 Å². The first-order chi connectivity index (χ1) is 13.1. The van der Waals surface area contributed by atoms with E-state index in [1.165, 1.54) is 13.2 Å². The summed E-state index contributed by atoms with van der Waals surface area (Å²) in [6.07, 6.45) is 2.37. The van der Waals surface area contributed by atoms with Crippen molar-refractivity contribution in [2.75, 3.05) is 20.3 Å². The van der Waals surface area contributed by atoms with E-state index in [2.05, 4.69) is 0 Å². The van der Waals surface area contributed by atoms with Gasteiger partial charge in [-0.2, -0.15) is 5.26 Å². The van der Waals surface area contributed by atoms with Crippen LogP contribution in [0.1, 0.15) is 36.2 Å². The summed E-state index contributed by atoms with van der Waals surface area (Å²) in [5.41, 5.74) is 1.03. The lowest BCUT2D eigenvalue weighted by Gasteiger charge is -2.14. The second-order valence-corrected chi connectivity index (χ2v) is 5.69. The van der Waals surface area contributed by atoms with E-state index in [0.29, 0.717) is 41.6 Å². The number of methoxy groups -OCH3 is 1. The highest BCUT2D eigenvalue weighted by atomic mass is 16.5. The molecule has 0 bridgehead atoms. The van der Waals surface area contributed by atoms with Crippen molar-refractivity contribution in [3.8, 4) is 23.3 Å². The zero-order valence-corrected chi connectivity index (χ0v) is 15.8. The van der Waals surface area contributed by atoms with E-state index < -0.39 is 0 Å². The van der Waals surface area contributed by atoms with Crippen molar-refractivity contribution in [1.29, 1.82) is 5.26 Å². The van der Waals surface area contributed by atoms with E-state index in [0.717, 1.165) is 6.42 Å². The summed E-state index contributed by atoms with van der Waals surface area (Å²) in [6.45, 7) is 4.89.